The summed E-state index contributed by atoms with van der Waals surface area (Å²) in [5.41, 5.74) is 0. The first-order chi connectivity index (χ1) is 2.94. The second kappa shape index (κ2) is 10.7. The Bertz CT molecular complexity index is 92.2. The smallest absolute Gasteiger partial charge is 0.475 e. The van der Waals surface area contributed by atoms with E-state index in [2.05, 4.69) is 0 Å². The molecule has 0 aliphatic carbocycles. The molecule has 1 radical (unpaired) electrons. The number of rotatable bonds is 0. The Hall–Kier alpha value is 0.724. The molecule has 0 aromatic rings. The third-order valence-electron chi connectivity index (χ3n) is 0.243. The monoisotopic (exact) mass is 321 g/mol. The minimum atomic E-state index is -5.08. The molecule has 0 saturated heterocycles. The molecule has 0 amide bonds. The zero-order valence-corrected chi connectivity index (χ0v) is 7.29. The van der Waals surface area contributed by atoms with Crippen molar-refractivity contribution in [3.63, 3.8) is 0 Å². The zero-order chi connectivity index (χ0) is 6.08. The number of hydrogen-bond acceptors (Lipinski definition) is 1. The molecule has 0 aromatic carbocycles. The van der Waals surface area contributed by atoms with E-state index in [0.29, 0.717) is 0 Å². The summed E-state index contributed by atoms with van der Waals surface area (Å²) in [5, 5.41) is 7.12. The van der Waals surface area contributed by atoms with Crippen molar-refractivity contribution in [1.29, 1.82) is 0 Å². The van der Waals surface area contributed by atoms with Crippen molar-refractivity contribution < 1.29 is 88.9 Å². The van der Waals surface area contributed by atoms with E-state index >= 15 is 0 Å². The quantitative estimate of drug-likeness (QED) is 0.562. The van der Waals surface area contributed by atoms with Gasteiger partial charge < -0.3 is 21.5 Å². The van der Waals surface area contributed by atoms with E-state index < -0.39 is 12.1 Å². The van der Waals surface area contributed by atoms with Crippen LogP contribution < -0.4 is 0 Å². The normalized spacial score (nSPS) is 7.18. The number of carbonyl (C=O) groups is 1. The van der Waals surface area contributed by atoms with Gasteiger partial charge in [0.2, 0.25) is 0 Å². The molecular formula is C2H7EuF3O5. The van der Waals surface area contributed by atoms with Crippen LogP contribution >= 0.6 is 0 Å². The maximum atomic E-state index is 10.6. The van der Waals surface area contributed by atoms with Gasteiger partial charge in [-0.05, 0) is 0 Å². The molecule has 0 aliphatic rings. The van der Waals surface area contributed by atoms with E-state index in [1.165, 1.54) is 0 Å². The molecule has 7 N–H and O–H groups in total. The van der Waals surface area contributed by atoms with Crippen LogP contribution in [0.2, 0.25) is 0 Å². The molecule has 0 atom stereocenters. The van der Waals surface area contributed by atoms with Crippen LogP contribution in [0.3, 0.4) is 0 Å². The summed E-state index contributed by atoms with van der Waals surface area (Å²) in [5.74, 6) is -2.76. The Balaban J connectivity index is -0.0000000300. The van der Waals surface area contributed by atoms with Gasteiger partial charge in [-0.25, -0.2) is 4.79 Å². The second-order valence-corrected chi connectivity index (χ2v) is 0.803. The predicted octanol–water partition coefficient (Wildman–Crippen LogP) is -1.84. The van der Waals surface area contributed by atoms with Gasteiger partial charge >= 0.3 is 12.1 Å². The fourth-order valence-electron chi connectivity index (χ4n) is 0. The van der Waals surface area contributed by atoms with Gasteiger partial charge in [0.25, 0.3) is 0 Å². The molecule has 0 heterocycles. The van der Waals surface area contributed by atoms with E-state index in [4.69, 9.17) is 9.90 Å². The van der Waals surface area contributed by atoms with Crippen molar-refractivity contribution in [2.45, 2.75) is 6.18 Å². The standard InChI is InChI=1S/C2HF3O2.Eu.3H2O/c3-2(4,5)1(6)7;;;;/h(H,6,7);;3*1H2. The Morgan fingerprint density at radius 1 is 1.09 bits per heavy atom. The number of halogens is 3. The van der Waals surface area contributed by atoms with Crippen molar-refractivity contribution in [3.8, 4) is 0 Å². The van der Waals surface area contributed by atoms with Crippen LogP contribution in [0.15, 0.2) is 0 Å². The van der Waals surface area contributed by atoms with E-state index in [9.17, 15) is 13.2 Å². The van der Waals surface area contributed by atoms with Crippen LogP contribution in [-0.4, -0.2) is 33.7 Å². The Kier molecular flexibility index (Phi) is 29.1. The first-order valence-corrected chi connectivity index (χ1v) is 1.24. The summed E-state index contributed by atoms with van der Waals surface area (Å²) in [6.07, 6.45) is -5.08. The average molecular weight is 320 g/mol. The largest absolute Gasteiger partial charge is 0.490 e. The van der Waals surface area contributed by atoms with E-state index in [-0.39, 0.29) is 65.8 Å². The molecular weight excluding hydrogens is 313 g/mol. The zero-order valence-electron chi connectivity index (χ0n) is 4.87. The Labute approximate surface area is 100 Å². The fourth-order valence-corrected chi connectivity index (χ4v) is 0. The summed E-state index contributed by atoms with van der Waals surface area (Å²) >= 11 is 0. The number of alkyl halides is 3. The van der Waals surface area contributed by atoms with Gasteiger partial charge in [-0.3, -0.25) is 0 Å². The molecule has 73 valence electrons. The van der Waals surface area contributed by atoms with Crippen molar-refractivity contribution in [1.82, 2.24) is 0 Å². The van der Waals surface area contributed by atoms with Gasteiger partial charge in [-0.15, -0.1) is 0 Å². The van der Waals surface area contributed by atoms with Crippen molar-refractivity contribution in [2.24, 2.45) is 0 Å². The summed E-state index contributed by atoms with van der Waals surface area (Å²) in [4.78, 5) is 8.90. The van der Waals surface area contributed by atoms with Crippen molar-refractivity contribution >= 4 is 5.97 Å². The van der Waals surface area contributed by atoms with Crippen LogP contribution in [0.25, 0.3) is 0 Å². The minimum Gasteiger partial charge on any atom is -0.475 e. The van der Waals surface area contributed by atoms with Crippen molar-refractivity contribution in [2.75, 3.05) is 0 Å². The number of carboxylic acids is 1. The summed E-state index contributed by atoms with van der Waals surface area (Å²) in [6, 6.07) is 0. The molecule has 0 bridgehead atoms. The fraction of sp³-hybridized carbons (Fsp3) is 0.500. The van der Waals surface area contributed by atoms with Gasteiger partial charge in [0, 0.05) is 49.4 Å². The average Bonchev–Trinajstić information content (AvgIpc) is 1.31. The minimum absolute atomic E-state index is 0. The maximum Gasteiger partial charge on any atom is 0.490 e. The molecule has 0 rings (SSSR count). The van der Waals surface area contributed by atoms with Crippen LogP contribution in [0, 0.1) is 49.4 Å². The molecule has 0 aliphatic heterocycles. The van der Waals surface area contributed by atoms with Gasteiger partial charge in [-0.2, -0.15) is 13.2 Å². The maximum absolute atomic E-state index is 10.6. The summed E-state index contributed by atoms with van der Waals surface area (Å²) < 4.78 is 31.7. The second-order valence-electron chi connectivity index (χ2n) is 0.803. The van der Waals surface area contributed by atoms with Crippen molar-refractivity contribution in [3.05, 3.63) is 0 Å². The predicted molar refractivity (Wildman–Crippen MR) is 24.5 cm³/mol. The van der Waals surface area contributed by atoms with Crippen LogP contribution in [-0.2, 0) is 4.79 Å². The van der Waals surface area contributed by atoms with Gasteiger partial charge in [-0.1, -0.05) is 0 Å². The van der Waals surface area contributed by atoms with Crippen LogP contribution in [0.5, 0.6) is 0 Å². The van der Waals surface area contributed by atoms with Gasteiger partial charge in [0.15, 0.2) is 0 Å². The van der Waals surface area contributed by atoms with Crippen LogP contribution in [0.1, 0.15) is 0 Å². The van der Waals surface area contributed by atoms with E-state index in [0.717, 1.165) is 0 Å². The van der Waals surface area contributed by atoms with Gasteiger partial charge in [0.05, 0.1) is 0 Å². The molecule has 0 spiro atoms. The SMILES string of the molecule is O.O.O.O=C(O)C(F)(F)F.[Eu]. The third-order valence-corrected chi connectivity index (χ3v) is 0.243. The summed E-state index contributed by atoms with van der Waals surface area (Å²) in [7, 11) is 0. The molecule has 0 aromatic heterocycles. The van der Waals surface area contributed by atoms with Crippen LogP contribution in [0.4, 0.5) is 13.2 Å². The third kappa shape index (κ3) is 18.1. The number of hydrogen-bond donors (Lipinski definition) is 1. The number of aliphatic carboxylic acids is 1. The van der Waals surface area contributed by atoms with E-state index in [1.807, 2.05) is 0 Å². The molecule has 0 saturated carbocycles. The molecule has 0 fully saturated rings. The first-order valence-electron chi connectivity index (χ1n) is 1.24. The van der Waals surface area contributed by atoms with Gasteiger partial charge in [0.1, 0.15) is 0 Å². The topological polar surface area (TPSA) is 132 Å². The Morgan fingerprint density at radius 3 is 1.18 bits per heavy atom. The first kappa shape index (κ1) is 29.8. The van der Waals surface area contributed by atoms with E-state index in [1.54, 1.807) is 0 Å². The Morgan fingerprint density at radius 2 is 1.18 bits per heavy atom. The molecule has 5 nitrogen and oxygen atoms in total. The summed E-state index contributed by atoms with van der Waals surface area (Å²) in [6.45, 7) is 0. The number of carboxylic acid groups (broad SMARTS) is 1. The molecule has 0 unspecified atom stereocenters. The molecule has 9 heteroatoms. The molecule has 11 heavy (non-hydrogen) atoms.